The van der Waals surface area contributed by atoms with Crippen molar-refractivity contribution in [2.75, 3.05) is 11.1 Å². The van der Waals surface area contributed by atoms with E-state index in [1.807, 2.05) is 24.3 Å². The van der Waals surface area contributed by atoms with Crippen molar-refractivity contribution in [1.82, 2.24) is 0 Å². The maximum absolute atomic E-state index is 10.6. The Labute approximate surface area is 128 Å². The molecule has 0 aliphatic carbocycles. The second-order valence-electron chi connectivity index (χ2n) is 4.37. The number of hydrogen-bond acceptors (Lipinski definition) is 4. The van der Waals surface area contributed by atoms with Crippen molar-refractivity contribution >= 4 is 23.1 Å². The first-order valence-electron chi connectivity index (χ1n) is 6.50. The van der Waals surface area contributed by atoms with Crippen LogP contribution in [0.3, 0.4) is 0 Å². The molecular weight excluding hydrogens is 284 g/mol. The number of non-ortho nitro benzene ring substituents is 1. The Bertz CT molecular complexity index is 626. The van der Waals surface area contributed by atoms with Crippen LogP contribution >= 0.6 is 11.8 Å². The van der Waals surface area contributed by atoms with E-state index in [1.165, 1.54) is 17.0 Å². The molecule has 0 radical (unpaired) electrons. The lowest BCUT2D eigenvalue weighted by molar-refractivity contribution is -0.384. The summed E-state index contributed by atoms with van der Waals surface area (Å²) in [5, 5.41) is 14.0. The number of nitrogens with zero attached hydrogens (tertiary/aromatic N) is 1. The first-order chi connectivity index (χ1) is 10.2. The third kappa shape index (κ3) is 4.36. The number of hydrogen-bond donors (Lipinski definition) is 1. The summed E-state index contributed by atoms with van der Waals surface area (Å²) in [5.41, 5.74) is 2.17. The fraction of sp³-hybridized carbons (Fsp3) is 0.125. The molecule has 2 rings (SSSR count). The van der Waals surface area contributed by atoms with Crippen LogP contribution in [0.15, 0.2) is 66.1 Å². The molecular formula is C16H16N2O2S. The zero-order valence-electron chi connectivity index (χ0n) is 11.5. The van der Waals surface area contributed by atoms with E-state index >= 15 is 0 Å². The van der Waals surface area contributed by atoms with E-state index in [9.17, 15) is 10.1 Å². The van der Waals surface area contributed by atoms with Crippen molar-refractivity contribution in [1.29, 1.82) is 0 Å². The Hall–Kier alpha value is -2.27. The van der Waals surface area contributed by atoms with Crippen LogP contribution in [0.5, 0.6) is 0 Å². The Balaban J connectivity index is 2.02. The lowest BCUT2D eigenvalue weighted by atomic mass is 10.2. The third-order valence-electron chi connectivity index (χ3n) is 2.87. The molecule has 21 heavy (non-hydrogen) atoms. The smallest absolute Gasteiger partial charge is 0.269 e. The van der Waals surface area contributed by atoms with Gasteiger partial charge in [0.2, 0.25) is 0 Å². The van der Waals surface area contributed by atoms with Gasteiger partial charge in [0.1, 0.15) is 0 Å². The summed E-state index contributed by atoms with van der Waals surface area (Å²) < 4.78 is 0. The molecule has 0 aliphatic rings. The average molecular weight is 300 g/mol. The minimum Gasteiger partial charge on any atom is -0.380 e. The second kappa shape index (κ2) is 7.50. The van der Waals surface area contributed by atoms with Crippen molar-refractivity contribution in [2.45, 2.75) is 11.4 Å². The topological polar surface area (TPSA) is 55.2 Å². The fourth-order valence-corrected chi connectivity index (χ4v) is 2.59. The van der Waals surface area contributed by atoms with Crippen molar-refractivity contribution < 1.29 is 4.92 Å². The van der Waals surface area contributed by atoms with Crippen LogP contribution in [0.2, 0.25) is 0 Å². The van der Waals surface area contributed by atoms with Gasteiger partial charge in [0, 0.05) is 35.0 Å². The van der Waals surface area contributed by atoms with Crippen molar-refractivity contribution in [2.24, 2.45) is 0 Å². The van der Waals surface area contributed by atoms with Crippen LogP contribution in [-0.2, 0) is 6.54 Å². The number of nitro benzene ring substituents is 1. The molecule has 0 heterocycles. The molecule has 0 atom stereocenters. The van der Waals surface area contributed by atoms with Gasteiger partial charge in [-0.3, -0.25) is 10.1 Å². The SMILES string of the molecule is C=CCSc1ccccc1NCc1ccc([N+](=O)[O-])cc1. The molecule has 4 nitrogen and oxygen atoms in total. The lowest BCUT2D eigenvalue weighted by Gasteiger charge is -2.11. The minimum absolute atomic E-state index is 0.112. The maximum Gasteiger partial charge on any atom is 0.269 e. The molecule has 5 heteroatoms. The quantitative estimate of drug-likeness (QED) is 0.354. The summed E-state index contributed by atoms with van der Waals surface area (Å²) in [7, 11) is 0. The van der Waals surface area contributed by atoms with Gasteiger partial charge in [-0.25, -0.2) is 0 Å². The Kier molecular flexibility index (Phi) is 5.40. The second-order valence-corrected chi connectivity index (χ2v) is 5.43. The molecule has 0 unspecified atom stereocenters. The number of nitro groups is 1. The predicted molar refractivity (Wildman–Crippen MR) is 87.8 cm³/mol. The van der Waals surface area contributed by atoms with Crippen LogP contribution in [0.25, 0.3) is 0 Å². The molecule has 0 spiro atoms. The minimum atomic E-state index is -0.390. The molecule has 2 aromatic rings. The number of anilines is 1. The average Bonchev–Trinajstić information content (AvgIpc) is 2.52. The summed E-state index contributed by atoms with van der Waals surface area (Å²) >= 11 is 1.72. The molecule has 0 aliphatic heterocycles. The standard InChI is InChI=1S/C16H16N2O2S/c1-2-11-21-16-6-4-3-5-15(16)17-12-13-7-9-14(10-8-13)18(19)20/h2-10,17H,1,11-12H2. The zero-order chi connectivity index (χ0) is 15.1. The lowest BCUT2D eigenvalue weighted by Crippen LogP contribution is -2.00. The van der Waals surface area contributed by atoms with Crippen molar-refractivity contribution in [3.05, 3.63) is 76.9 Å². The molecule has 0 saturated carbocycles. The zero-order valence-corrected chi connectivity index (χ0v) is 12.3. The van der Waals surface area contributed by atoms with E-state index in [2.05, 4.69) is 18.0 Å². The van der Waals surface area contributed by atoms with Crippen LogP contribution in [-0.4, -0.2) is 10.7 Å². The number of nitrogens with one attached hydrogen (secondary N) is 1. The highest BCUT2D eigenvalue weighted by Crippen LogP contribution is 2.27. The van der Waals surface area contributed by atoms with E-state index < -0.39 is 4.92 Å². The highest BCUT2D eigenvalue weighted by Gasteiger charge is 2.05. The molecule has 0 amide bonds. The van der Waals surface area contributed by atoms with Gasteiger partial charge >= 0.3 is 0 Å². The molecule has 1 N–H and O–H groups in total. The fourth-order valence-electron chi connectivity index (χ4n) is 1.82. The van der Waals surface area contributed by atoms with Gasteiger partial charge in [0.25, 0.3) is 5.69 Å². The van der Waals surface area contributed by atoms with Crippen LogP contribution in [0, 0.1) is 10.1 Å². The molecule has 2 aromatic carbocycles. The van der Waals surface area contributed by atoms with Crippen molar-refractivity contribution in [3.8, 4) is 0 Å². The summed E-state index contributed by atoms with van der Waals surface area (Å²) in [6.07, 6.45) is 1.87. The highest BCUT2D eigenvalue weighted by atomic mass is 32.2. The third-order valence-corrected chi connectivity index (χ3v) is 3.94. The van der Waals surface area contributed by atoms with E-state index in [4.69, 9.17) is 0 Å². The summed E-state index contributed by atoms with van der Waals surface area (Å²) in [5.74, 6) is 0.857. The van der Waals surface area contributed by atoms with E-state index in [0.29, 0.717) is 6.54 Å². The van der Waals surface area contributed by atoms with E-state index in [-0.39, 0.29) is 5.69 Å². The molecule has 0 saturated heterocycles. The molecule has 0 fully saturated rings. The van der Waals surface area contributed by atoms with Gasteiger partial charge in [-0.2, -0.15) is 0 Å². The van der Waals surface area contributed by atoms with Gasteiger partial charge in [-0.1, -0.05) is 30.3 Å². The number of benzene rings is 2. The van der Waals surface area contributed by atoms with Gasteiger partial charge in [0.15, 0.2) is 0 Å². The number of thioether (sulfide) groups is 1. The van der Waals surface area contributed by atoms with Crippen LogP contribution < -0.4 is 5.32 Å². The Morgan fingerprint density at radius 3 is 2.57 bits per heavy atom. The summed E-state index contributed by atoms with van der Waals surface area (Å²) in [4.78, 5) is 11.4. The molecule has 0 aromatic heterocycles. The summed E-state index contributed by atoms with van der Waals surface area (Å²) in [6.45, 7) is 4.35. The van der Waals surface area contributed by atoms with Gasteiger partial charge < -0.3 is 5.32 Å². The van der Waals surface area contributed by atoms with Crippen molar-refractivity contribution in [3.63, 3.8) is 0 Å². The van der Waals surface area contributed by atoms with Gasteiger partial charge in [-0.15, -0.1) is 18.3 Å². The predicted octanol–water partition coefficient (Wildman–Crippen LogP) is 4.49. The first kappa shape index (κ1) is 15.1. The van der Waals surface area contributed by atoms with E-state index in [0.717, 1.165) is 17.0 Å². The Morgan fingerprint density at radius 2 is 1.90 bits per heavy atom. The number of rotatable bonds is 7. The maximum atomic E-state index is 10.6. The normalized spacial score (nSPS) is 10.1. The first-order valence-corrected chi connectivity index (χ1v) is 7.49. The summed E-state index contributed by atoms with van der Waals surface area (Å²) in [6, 6.07) is 14.7. The Morgan fingerprint density at radius 1 is 1.19 bits per heavy atom. The number of para-hydroxylation sites is 1. The highest BCUT2D eigenvalue weighted by molar-refractivity contribution is 7.99. The molecule has 108 valence electrons. The molecule has 0 bridgehead atoms. The van der Waals surface area contributed by atoms with Crippen LogP contribution in [0.4, 0.5) is 11.4 Å². The van der Waals surface area contributed by atoms with E-state index in [1.54, 1.807) is 23.9 Å². The monoisotopic (exact) mass is 300 g/mol. The van der Waals surface area contributed by atoms with Gasteiger partial charge in [-0.05, 0) is 17.7 Å². The van der Waals surface area contributed by atoms with Gasteiger partial charge in [0.05, 0.1) is 4.92 Å². The largest absolute Gasteiger partial charge is 0.380 e. The van der Waals surface area contributed by atoms with Crippen LogP contribution in [0.1, 0.15) is 5.56 Å².